The minimum absolute atomic E-state index is 0.767. The van der Waals surface area contributed by atoms with E-state index in [9.17, 15) is 0 Å². The van der Waals surface area contributed by atoms with Crippen molar-refractivity contribution in [1.29, 1.82) is 0 Å². The van der Waals surface area contributed by atoms with E-state index in [0.717, 1.165) is 29.5 Å². The van der Waals surface area contributed by atoms with Gasteiger partial charge in [0.05, 0.1) is 0 Å². The Bertz CT molecular complexity index is 162. The van der Waals surface area contributed by atoms with Crippen molar-refractivity contribution in [1.82, 2.24) is 0 Å². The van der Waals surface area contributed by atoms with Gasteiger partial charge in [0.15, 0.2) is 0 Å². The van der Waals surface area contributed by atoms with Crippen molar-refractivity contribution in [2.24, 2.45) is 0 Å². The van der Waals surface area contributed by atoms with E-state index in [1.807, 2.05) is 18.2 Å². The van der Waals surface area contributed by atoms with Gasteiger partial charge in [0.1, 0.15) is 0 Å². The summed E-state index contributed by atoms with van der Waals surface area (Å²) < 4.78 is 5.06. The van der Waals surface area contributed by atoms with Crippen molar-refractivity contribution in [2.45, 2.75) is 6.61 Å². The summed E-state index contributed by atoms with van der Waals surface area (Å²) in [5.74, 6) is 0. The molecule has 0 amide bonds. The maximum absolute atomic E-state index is 5.06. The van der Waals surface area contributed by atoms with E-state index in [2.05, 4.69) is 12.1 Å². The predicted octanol–water partition coefficient (Wildman–Crippen LogP) is 1.02. The van der Waals surface area contributed by atoms with Crippen LogP contribution in [0.4, 0.5) is 0 Å². The fourth-order valence-electron chi connectivity index (χ4n) is 0.670. The first-order valence-electron chi connectivity index (χ1n) is 2.79. The van der Waals surface area contributed by atoms with Crippen molar-refractivity contribution >= 4 is 22.9 Å². The Labute approximate surface area is 68.7 Å². The molecule has 0 atom stereocenters. The van der Waals surface area contributed by atoms with E-state index < -0.39 is 0 Å². The van der Waals surface area contributed by atoms with Crippen molar-refractivity contribution in [3.8, 4) is 0 Å². The standard InChI is InChI=1S/C7H7O.Sn.H/c8-6-7-4-2-1-3-5-7;;/h1-5H,6H2;;/q-1;+1;. The molecule has 0 fully saturated rings. The molecular weight excluding hydrogens is 219 g/mol. The van der Waals surface area contributed by atoms with E-state index >= 15 is 0 Å². The van der Waals surface area contributed by atoms with Gasteiger partial charge in [0, 0.05) is 0 Å². The van der Waals surface area contributed by atoms with Crippen LogP contribution in [0.1, 0.15) is 5.56 Å². The molecule has 2 radical (unpaired) electrons. The molecule has 0 unspecified atom stereocenters. The first-order valence-corrected chi connectivity index (χ1v) is 4.13. The normalized spacial score (nSPS) is 9.44. The Morgan fingerprint density at radius 3 is 2.44 bits per heavy atom. The second-order valence-electron chi connectivity index (χ2n) is 1.80. The van der Waals surface area contributed by atoms with Crippen LogP contribution in [0, 0.1) is 0 Å². The van der Waals surface area contributed by atoms with Crippen LogP contribution >= 0.6 is 0 Å². The van der Waals surface area contributed by atoms with E-state index in [1.165, 1.54) is 5.56 Å². The first kappa shape index (κ1) is 7.09. The SMILES string of the molecule is [SnH][O]Cc1ccccc1. The average Bonchev–Trinajstić information content (AvgIpc) is 1.91. The molecule has 0 aliphatic carbocycles. The number of benzene rings is 1. The quantitative estimate of drug-likeness (QED) is 0.685. The molecule has 1 aromatic carbocycles. The van der Waals surface area contributed by atoms with Gasteiger partial charge in [-0.3, -0.25) is 0 Å². The third-order valence-corrected chi connectivity index (χ3v) is 1.57. The summed E-state index contributed by atoms with van der Waals surface area (Å²) in [6.07, 6.45) is 0. The van der Waals surface area contributed by atoms with E-state index in [-0.39, 0.29) is 0 Å². The molecular formula is C7H8OSn. The molecule has 0 saturated heterocycles. The monoisotopic (exact) mass is 228 g/mol. The van der Waals surface area contributed by atoms with E-state index in [1.54, 1.807) is 0 Å². The van der Waals surface area contributed by atoms with Crippen LogP contribution in [0.25, 0.3) is 0 Å². The van der Waals surface area contributed by atoms with Gasteiger partial charge >= 0.3 is 68.5 Å². The van der Waals surface area contributed by atoms with Gasteiger partial charge in [-0.25, -0.2) is 0 Å². The maximum atomic E-state index is 5.06. The number of hydrogen-bond donors (Lipinski definition) is 0. The van der Waals surface area contributed by atoms with Gasteiger partial charge in [-0.1, -0.05) is 0 Å². The summed E-state index contributed by atoms with van der Waals surface area (Å²) >= 11 is 0.880. The fraction of sp³-hybridized carbons (Fsp3) is 0.143. The molecule has 46 valence electrons. The van der Waals surface area contributed by atoms with Gasteiger partial charge in [0.25, 0.3) is 0 Å². The Morgan fingerprint density at radius 2 is 1.89 bits per heavy atom. The molecule has 9 heavy (non-hydrogen) atoms. The molecule has 0 N–H and O–H groups in total. The molecule has 1 nitrogen and oxygen atoms in total. The summed E-state index contributed by atoms with van der Waals surface area (Å²) in [7, 11) is 0. The zero-order valence-corrected chi connectivity index (χ0v) is 8.38. The fourth-order valence-corrected chi connectivity index (χ4v) is 1.22. The van der Waals surface area contributed by atoms with Gasteiger partial charge in [0.2, 0.25) is 0 Å². The summed E-state index contributed by atoms with van der Waals surface area (Å²) in [4.78, 5) is 0. The van der Waals surface area contributed by atoms with Crippen molar-refractivity contribution in [3.05, 3.63) is 35.9 Å². The van der Waals surface area contributed by atoms with Crippen LogP contribution in [0.15, 0.2) is 30.3 Å². The van der Waals surface area contributed by atoms with Crippen LogP contribution in [0.2, 0.25) is 0 Å². The molecule has 0 aromatic heterocycles. The Hall–Kier alpha value is -0.0213. The Morgan fingerprint density at radius 1 is 1.22 bits per heavy atom. The zero-order valence-electron chi connectivity index (χ0n) is 5.08. The van der Waals surface area contributed by atoms with Gasteiger partial charge in [-0.15, -0.1) is 0 Å². The third-order valence-electron chi connectivity index (χ3n) is 1.09. The minimum atomic E-state index is 0.767. The number of rotatable bonds is 2. The molecule has 0 aliphatic rings. The third kappa shape index (κ3) is 2.37. The Kier molecular flexibility index (Phi) is 3.07. The van der Waals surface area contributed by atoms with Crippen molar-refractivity contribution in [2.75, 3.05) is 0 Å². The topological polar surface area (TPSA) is 9.23 Å². The van der Waals surface area contributed by atoms with Crippen LogP contribution in [0.5, 0.6) is 0 Å². The van der Waals surface area contributed by atoms with Crippen molar-refractivity contribution in [3.63, 3.8) is 0 Å². The molecule has 0 spiro atoms. The summed E-state index contributed by atoms with van der Waals surface area (Å²) in [6, 6.07) is 10.2. The van der Waals surface area contributed by atoms with Crippen LogP contribution in [0.3, 0.4) is 0 Å². The first-order chi connectivity index (χ1) is 4.43. The Balaban J connectivity index is 2.61. The molecule has 0 heterocycles. The zero-order chi connectivity index (χ0) is 6.53. The van der Waals surface area contributed by atoms with Crippen molar-refractivity contribution < 1.29 is 3.07 Å². The molecule has 1 aromatic rings. The second-order valence-corrected chi connectivity index (χ2v) is 2.75. The molecule has 0 bridgehead atoms. The van der Waals surface area contributed by atoms with Gasteiger partial charge in [-0.2, -0.15) is 0 Å². The molecule has 0 saturated carbocycles. The van der Waals surface area contributed by atoms with Crippen LogP contribution < -0.4 is 0 Å². The van der Waals surface area contributed by atoms with E-state index in [4.69, 9.17) is 3.07 Å². The summed E-state index contributed by atoms with van der Waals surface area (Å²) in [5.41, 5.74) is 1.25. The predicted molar refractivity (Wildman–Crippen MR) is 38.4 cm³/mol. The number of hydrogen-bond acceptors (Lipinski definition) is 1. The van der Waals surface area contributed by atoms with Gasteiger partial charge < -0.3 is 0 Å². The van der Waals surface area contributed by atoms with Gasteiger partial charge in [-0.05, 0) is 0 Å². The molecule has 2 heteroatoms. The summed E-state index contributed by atoms with van der Waals surface area (Å²) in [5, 5.41) is 0. The summed E-state index contributed by atoms with van der Waals surface area (Å²) in [6.45, 7) is 0.767. The molecule has 0 aliphatic heterocycles. The van der Waals surface area contributed by atoms with E-state index in [0.29, 0.717) is 0 Å². The average molecular weight is 227 g/mol. The van der Waals surface area contributed by atoms with Crippen LogP contribution in [-0.2, 0) is 9.68 Å². The second kappa shape index (κ2) is 3.90. The van der Waals surface area contributed by atoms with Crippen LogP contribution in [-0.4, -0.2) is 22.9 Å². The molecule has 1 rings (SSSR count).